The first-order chi connectivity index (χ1) is 17.2. The molecule has 0 aromatic heterocycles. The molecular formula is C27H28ClFN4O3. The molecule has 0 fully saturated rings. The maximum atomic E-state index is 13.9. The molecule has 7 nitrogen and oxygen atoms in total. The molecule has 2 aliphatic rings. The molecule has 2 N–H and O–H groups in total. The van der Waals surface area contributed by atoms with E-state index in [0.29, 0.717) is 34.0 Å². The normalized spacial score (nSPS) is 18.3. The number of hydrogen-bond donors (Lipinski definition) is 2. The van der Waals surface area contributed by atoms with Gasteiger partial charge in [-0.15, -0.1) is 6.58 Å². The third-order valence-electron chi connectivity index (χ3n) is 6.25. The van der Waals surface area contributed by atoms with E-state index >= 15 is 0 Å². The number of anilines is 1. The van der Waals surface area contributed by atoms with Gasteiger partial charge in [0.05, 0.1) is 23.9 Å². The van der Waals surface area contributed by atoms with Gasteiger partial charge in [0, 0.05) is 17.3 Å². The second-order valence-electron chi connectivity index (χ2n) is 9.27. The zero-order valence-electron chi connectivity index (χ0n) is 20.1. The van der Waals surface area contributed by atoms with Gasteiger partial charge in [0.25, 0.3) is 5.91 Å². The van der Waals surface area contributed by atoms with E-state index < -0.39 is 17.9 Å². The van der Waals surface area contributed by atoms with Crippen molar-refractivity contribution >= 4 is 35.1 Å². The molecule has 0 saturated carbocycles. The van der Waals surface area contributed by atoms with Gasteiger partial charge in [-0.2, -0.15) is 0 Å². The minimum atomic E-state index is -0.792. The fourth-order valence-electron chi connectivity index (χ4n) is 4.57. The van der Waals surface area contributed by atoms with Gasteiger partial charge in [-0.1, -0.05) is 43.7 Å². The lowest BCUT2D eigenvalue weighted by molar-refractivity contribution is -0.134. The van der Waals surface area contributed by atoms with Gasteiger partial charge in [0.2, 0.25) is 5.91 Å². The lowest BCUT2D eigenvalue weighted by atomic mass is 9.95. The van der Waals surface area contributed by atoms with Gasteiger partial charge < -0.3 is 15.5 Å². The van der Waals surface area contributed by atoms with E-state index in [-0.39, 0.29) is 36.9 Å². The van der Waals surface area contributed by atoms with Gasteiger partial charge in [-0.25, -0.2) is 9.18 Å². The first kappa shape index (κ1) is 25.4. The van der Waals surface area contributed by atoms with Crippen molar-refractivity contribution in [3.63, 3.8) is 0 Å². The first-order valence-corrected chi connectivity index (χ1v) is 12.1. The van der Waals surface area contributed by atoms with Crippen LogP contribution in [0.4, 0.5) is 14.9 Å². The fourth-order valence-corrected chi connectivity index (χ4v) is 4.70. The summed E-state index contributed by atoms with van der Waals surface area (Å²) in [7, 11) is 0. The van der Waals surface area contributed by atoms with E-state index in [1.54, 1.807) is 30.3 Å². The Morgan fingerprint density at radius 3 is 2.47 bits per heavy atom. The Hall–Kier alpha value is -3.65. The average Bonchev–Trinajstić information content (AvgIpc) is 3.18. The highest BCUT2D eigenvalue weighted by atomic mass is 35.5. The zero-order chi connectivity index (χ0) is 26.0. The lowest BCUT2D eigenvalue weighted by Gasteiger charge is -2.33. The first-order valence-electron chi connectivity index (χ1n) is 11.7. The number of benzene rings is 2. The highest BCUT2D eigenvalue weighted by Gasteiger charge is 2.47. The molecule has 4 amide bonds. The number of nitrogens with zero attached hydrogens (tertiary/aromatic N) is 2. The molecular weight excluding hydrogens is 483 g/mol. The second kappa shape index (κ2) is 10.5. The minimum Gasteiger partial charge on any atom is -0.326 e. The number of amides is 4. The maximum Gasteiger partial charge on any atom is 0.322 e. The maximum absolute atomic E-state index is 13.9. The van der Waals surface area contributed by atoms with E-state index in [9.17, 15) is 18.8 Å². The van der Waals surface area contributed by atoms with E-state index in [2.05, 4.69) is 17.2 Å². The molecule has 36 heavy (non-hydrogen) atoms. The van der Waals surface area contributed by atoms with Gasteiger partial charge >= 0.3 is 6.03 Å². The molecule has 2 aromatic rings. The largest absolute Gasteiger partial charge is 0.326 e. The monoisotopic (exact) mass is 510 g/mol. The van der Waals surface area contributed by atoms with Gasteiger partial charge in [0.15, 0.2) is 0 Å². The predicted octanol–water partition coefficient (Wildman–Crippen LogP) is 4.88. The quantitative estimate of drug-likeness (QED) is 0.496. The predicted molar refractivity (Wildman–Crippen MR) is 137 cm³/mol. The van der Waals surface area contributed by atoms with Crippen LogP contribution in [0, 0.1) is 11.7 Å². The van der Waals surface area contributed by atoms with E-state index in [0.717, 1.165) is 0 Å². The Labute approximate surface area is 214 Å². The SMILES string of the molecule is C=CCN1C(=O)N[C@H](c2ccc(Cl)cc2)C2=C1CN([C@@H](CC(C)C)C(=O)Nc1ccc(F)cc1)C2=O. The van der Waals surface area contributed by atoms with E-state index in [1.165, 1.54) is 34.1 Å². The Morgan fingerprint density at radius 1 is 1.19 bits per heavy atom. The number of halogens is 2. The molecule has 2 atom stereocenters. The van der Waals surface area contributed by atoms with Crippen molar-refractivity contribution < 1.29 is 18.8 Å². The zero-order valence-corrected chi connectivity index (χ0v) is 20.9. The van der Waals surface area contributed by atoms with Crippen molar-refractivity contribution in [3.8, 4) is 0 Å². The number of carbonyl (C=O) groups is 3. The summed E-state index contributed by atoms with van der Waals surface area (Å²) >= 11 is 6.05. The molecule has 0 aliphatic carbocycles. The van der Waals surface area contributed by atoms with Crippen LogP contribution in [0.15, 0.2) is 72.5 Å². The summed E-state index contributed by atoms with van der Waals surface area (Å²) in [5.41, 5.74) is 2.11. The summed E-state index contributed by atoms with van der Waals surface area (Å²) in [5.74, 6) is -0.999. The van der Waals surface area contributed by atoms with Crippen LogP contribution in [0.2, 0.25) is 5.02 Å². The van der Waals surface area contributed by atoms with Crippen molar-refractivity contribution in [2.45, 2.75) is 32.4 Å². The Kier molecular flexibility index (Phi) is 7.45. The number of hydrogen-bond acceptors (Lipinski definition) is 3. The smallest absolute Gasteiger partial charge is 0.322 e. The molecule has 4 rings (SSSR count). The number of urea groups is 1. The molecule has 0 saturated heterocycles. The third kappa shape index (κ3) is 5.14. The Morgan fingerprint density at radius 2 is 1.86 bits per heavy atom. The average molecular weight is 511 g/mol. The van der Waals surface area contributed by atoms with E-state index in [4.69, 9.17) is 11.6 Å². The standard InChI is InChI=1S/C27H28ClFN4O3/c1-4-13-32-22-15-33(21(14-16(2)3)25(34)30-20-11-9-19(29)10-12-20)26(35)23(22)24(31-27(32)36)17-5-7-18(28)8-6-17/h4-12,16,21,24H,1,13-15H2,2-3H3,(H,30,34)(H,31,36)/t21-,24+/m0/s1. The second-order valence-corrected chi connectivity index (χ2v) is 9.70. The summed E-state index contributed by atoms with van der Waals surface area (Å²) in [6, 6.07) is 10.6. The van der Waals surface area contributed by atoms with Crippen LogP contribution in [-0.2, 0) is 9.59 Å². The molecule has 0 bridgehead atoms. The molecule has 2 aromatic carbocycles. The number of carbonyl (C=O) groups excluding carboxylic acids is 3. The summed E-state index contributed by atoms with van der Waals surface area (Å²) < 4.78 is 13.3. The summed E-state index contributed by atoms with van der Waals surface area (Å²) in [4.78, 5) is 43.3. The number of rotatable bonds is 8. The van der Waals surface area contributed by atoms with Crippen molar-refractivity contribution in [1.82, 2.24) is 15.1 Å². The van der Waals surface area contributed by atoms with Crippen LogP contribution >= 0.6 is 11.6 Å². The topological polar surface area (TPSA) is 81.8 Å². The van der Waals surface area contributed by atoms with Crippen LogP contribution in [0.25, 0.3) is 0 Å². The molecule has 2 heterocycles. The molecule has 188 valence electrons. The highest BCUT2D eigenvalue weighted by molar-refractivity contribution is 6.30. The molecule has 0 spiro atoms. The summed E-state index contributed by atoms with van der Waals surface area (Å²) in [6.07, 6.45) is 2.00. The van der Waals surface area contributed by atoms with Crippen LogP contribution in [-0.4, -0.2) is 46.8 Å². The molecule has 2 aliphatic heterocycles. The third-order valence-corrected chi connectivity index (χ3v) is 6.50. The molecule has 9 heteroatoms. The Balaban J connectivity index is 1.69. The lowest BCUT2D eigenvalue weighted by Crippen LogP contribution is -2.47. The fraction of sp³-hybridized carbons (Fsp3) is 0.296. The highest BCUT2D eigenvalue weighted by Crippen LogP contribution is 2.38. The molecule has 0 radical (unpaired) electrons. The van der Waals surface area contributed by atoms with Crippen LogP contribution in [0.3, 0.4) is 0 Å². The molecule has 0 unspecified atom stereocenters. The van der Waals surface area contributed by atoms with Crippen LogP contribution < -0.4 is 10.6 Å². The van der Waals surface area contributed by atoms with Crippen LogP contribution in [0.5, 0.6) is 0 Å². The summed E-state index contributed by atoms with van der Waals surface area (Å²) in [5, 5.41) is 6.26. The van der Waals surface area contributed by atoms with Crippen molar-refractivity contribution in [2.24, 2.45) is 5.92 Å². The van der Waals surface area contributed by atoms with Crippen molar-refractivity contribution in [2.75, 3.05) is 18.4 Å². The van der Waals surface area contributed by atoms with Gasteiger partial charge in [0.1, 0.15) is 11.9 Å². The summed E-state index contributed by atoms with van der Waals surface area (Å²) in [6.45, 7) is 8.00. The van der Waals surface area contributed by atoms with Gasteiger partial charge in [-0.3, -0.25) is 14.5 Å². The Bertz CT molecular complexity index is 1210. The van der Waals surface area contributed by atoms with E-state index in [1.807, 2.05) is 13.8 Å². The van der Waals surface area contributed by atoms with Crippen molar-refractivity contribution in [3.05, 3.63) is 88.9 Å². The number of nitrogens with one attached hydrogen (secondary N) is 2. The van der Waals surface area contributed by atoms with Gasteiger partial charge in [-0.05, 0) is 54.3 Å². The van der Waals surface area contributed by atoms with Crippen LogP contribution in [0.1, 0.15) is 31.9 Å². The minimum absolute atomic E-state index is 0.105. The van der Waals surface area contributed by atoms with Crippen molar-refractivity contribution in [1.29, 1.82) is 0 Å².